The van der Waals surface area contributed by atoms with Crippen molar-refractivity contribution in [1.82, 2.24) is 14.8 Å². The lowest BCUT2D eigenvalue weighted by Crippen LogP contribution is -2.31. The first-order valence-corrected chi connectivity index (χ1v) is 9.46. The van der Waals surface area contributed by atoms with E-state index >= 15 is 0 Å². The average Bonchev–Trinajstić information content (AvgIpc) is 3.26. The topological polar surface area (TPSA) is 114 Å². The molecule has 31 heavy (non-hydrogen) atoms. The molecule has 3 aromatic rings. The number of amides is 1. The molecule has 0 bridgehead atoms. The average molecular weight is 416 g/mol. The summed E-state index contributed by atoms with van der Waals surface area (Å²) in [5, 5.41) is 19.5. The Kier molecular flexibility index (Phi) is 5.28. The minimum atomic E-state index is -0.518. The van der Waals surface area contributed by atoms with E-state index in [1.54, 1.807) is 42.1 Å². The second kappa shape index (κ2) is 8.20. The number of rotatable bonds is 5. The van der Waals surface area contributed by atoms with Gasteiger partial charge in [-0.2, -0.15) is 15.3 Å². The summed E-state index contributed by atoms with van der Waals surface area (Å²) >= 11 is 0. The molecule has 2 aromatic carbocycles. The number of allylic oxidation sites excluding steroid dienone is 1. The van der Waals surface area contributed by atoms with Crippen LogP contribution in [0, 0.1) is 11.3 Å². The van der Waals surface area contributed by atoms with Crippen LogP contribution in [0.15, 0.2) is 60.1 Å². The van der Waals surface area contributed by atoms with E-state index in [1.165, 1.54) is 13.4 Å². The van der Waals surface area contributed by atoms with Crippen LogP contribution in [0.3, 0.4) is 0 Å². The molecule has 0 spiro atoms. The van der Waals surface area contributed by atoms with Crippen LogP contribution in [0.5, 0.6) is 11.5 Å². The molecule has 1 amide bonds. The summed E-state index contributed by atoms with van der Waals surface area (Å²) in [4.78, 5) is 17.7. The minimum Gasteiger partial charge on any atom is -0.497 e. The van der Waals surface area contributed by atoms with Crippen LogP contribution >= 0.6 is 0 Å². The standard InChI is InChI=1S/C22H20N6O3/c1-13-19(21(29)27-17-9-8-16(30-2)10-18(17)31-3)20(28-22(26-13)24-12-25-28)15-6-4-14(11-23)5-7-15/h4-10,12,20H,1-3H3,(H,27,29)(H,24,25,26). The van der Waals surface area contributed by atoms with Crippen molar-refractivity contribution in [3.63, 3.8) is 0 Å². The highest BCUT2D eigenvalue weighted by Gasteiger charge is 2.33. The third-order valence-electron chi connectivity index (χ3n) is 5.05. The van der Waals surface area contributed by atoms with Crippen molar-refractivity contribution in [1.29, 1.82) is 5.26 Å². The van der Waals surface area contributed by atoms with Crippen molar-refractivity contribution in [2.75, 3.05) is 24.9 Å². The number of hydrogen-bond donors (Lipinski definition) is 2. The molecule has 1 aliphatic heterocycles. The SMILES string of the molecule is COc1ccc(NC(=O)C2=C(C)Nc3ncnn3C2c2ccc(C#N)cc2)c(OC)c1. The van der Waals surface area contributed by atoms with Crippen molar-refractivity contribution in [3.05, 3.63) is 71.2 Å². The summed E-state index contributed by atoms with van der Waals surface area (Å²) in [5.74, 6) is 1.31. The summed E-state index contributed by atoms with van der Waals surface area (Å²) in [5.41, 5.74) is 2.97. The Balaban J connectivity index is 1.74. The Morgan fingerprint density at radius 2 is 1.97 bits per heavy atom. The predicted molar refractivity (Wildman–Crippen MR) is 114 cm³/mol. The monoisotopic (exact) mass is 416 g/mol. The van der Waals surface area contributed by atoms with E-state index in [0.29, 0.717) is 40.0 Å². The van der Waals surface area contributed by atoms with Gasteiger partial charge in [-0.1, -0.05) is 12.1 Å². The van der Waals surface area contributed by atoms with Gasteiger partial charge >= 0.3 is 0 Å². The number of benzene rings is 2. The number of nitriles is 1. The molecule has 0 fully saturated rings. The zero-order chi connectivity index (χ0) is 22.0. The van der Waals surface area contributed by atoms with E-state index < -0.39 is 6.04 Å². The normalized spacial score (nSPS) is 14.8. The van der Waals surface area contributed by atoms with Gasteiger partial charge in [-0.3, -0.25) is 4.79 Å². The maximum atomic E-state index is 13.4. The van der Waals surface area contributed by atoms with Crippen LogP contribution in [-0.2, 0) is 4.79 Å². The molecule has 2 heterocycles. The largest absolute Gasteiger partial charge is 0.497 e. The fourth-order valence-electron chi connectivity index (χ4n) is 3.52. The number of nitrogens with one attached hydrogen (secondary N) is 2. The molecular formula is C22H20N6O3. The lowest BCUT2D eigenvalue weighted by atomic mass is 9.94. The maximum Gasteiger partial charge on any atom is 0.255 e. The number of nitrogens with zero attached hydrogens (tertiary/aromatic N) is 4. The zero-order valence-electron chi connectivity index (χ0n) is 17.2. The van der Waals surface area contributed by atoms with Gasteiger partial charge in [0.15, 0.2) is 0 Å². The van der Waals surface area contributed by atoms with Crippen molar-refractivity contribution in [3.8, 4) is 17.6 Å². The summed E-state index contributed by atoms with van der Waals surface area (Å²) in [6, 6.07) is 13.8. The Hall–Kier alpha value is -4.32. The van der Waals surface area contributed by atoms with Gasteiger partial charge in [0.05, 0.1) is 37.1 Å². The summed E-state index contributed by atoms with van der Waals surface area (Å²) in [6.45, 7) is 1.81. The Morgan fingerprint density at radius 1 is 1.19 bits per heavy atom. The number of hydrogen-bond acceptors (Lipinski definition) is 7. The third-order valence-corrected chi connectivity index (χ3v) is 5.05. The quantitative estimate of drug-likeness (QED) is 0.657. The highest BCUT2D eigenvalue weighted by molar-refractivity contribution is 6.06. The fourth-order valence-corrected chi connectivity index (χ4v) is 3.52. The van der Waals surface area contributed by atoms with E-state index in [-0.39, 0.29) is 5.91 Å². The molecule has 2 N–H and O–H groups in total. The summed E-state index contributed by atoms with van der Waals surface area (Å²) in [6.07, 6.45) is 1.43. The van der Waals surface area contributed by atoms with Gasteiger partial charge in [-0.25, -0.2) is 4.68 Å². The zero-order valence-corrected chi connectivity index (χ0v) is 17.2. The molecule has 156 valence electrons. The van der Waals surface area contributed by atoms with Gasteiger partial charge in [-0.15, -0.1) is 0 Å². The molecule has 0 aliphatic carbocycles. The number of anilines is 2. The van der Waals surface area contributed by atoms with E-state index in [2.05, 4.69) is 26.8 Å². The molecular weight excluding hydrogens is 396 g/mol. The van der Waals surface area contributed by atoms with Crippen molar-refractivity contribution >= 4 is 17.5 Å². The number of carbonyl (C=O) groups excluding carboxylic acids is 1. The molecule has 1 aliphatic rings. The lowest BCUT2D eigenvalue weighted by Gasteiger charge is -2.29. The molecule has 9 nitrogen and oxygen atoms in total. The number of ether oxygens (including phenoxy) is 2. The highest BCUT2D eigenvalue weighted by Crippen LogP contribution is 2.36. The van der Waals surface area contributed by atoms with Crippen molar-refractivity contribution in [2.24, 2.45) is 0 Å². The van der Waals surface area contributed by atoms with Crippen LogP contribution in [0.1, 0.15) is 24.1 Å². The second-order valence-corrected chi connectivity index (χ2v) is 6.85. The molecule has 9 heteroatoms. The van der Waals surface area contributed by atoms with E-state index in [1.807, 2.05) is 19.1 Å². The van der Waals surface area contributed by atoms with Gasteiger partial charge in [-0.05, 0) is 36.8 Å². The van der Waals surface area contributed by atoms with Crippen molar-refractivity contribution < 1.29 is 14.3 Å². The second-order valence-electron chi connectivity index (χ2n) is 6.85. The van der Waals surface area contributed by atoms with Gasteiger partial charge in [0.2, 0.25) is 5.95 Å². The van der Waals surface area contributed by atoms with Crippen LogP contribution in [0.4, 0.5) is 11.6 Å². The Morgan fingerprint density at radius 3 is 2.65 bits per heavy atom. The van der Waals surface area contributed by atoms with Gasteiger partial charge in [0, 0.05) is 11.8 Å². The first-order chi connectivity index (χ1) is 15.0. The lowest BCUT2D eigenvalue weighted by molar-refractivity contribution is -0.113. The summed E-state index contributed by atoms with van der Waals surface area (Å²) in [7, 11) is 3.09. The molecule has 1 aromatic heterocycles. The van der Waals surface area contributed by atoms with Crippen LogP contribution in [-0.4, -0.2) is 34.9 Å². The first-order valence-electron chi connectivity index (χ1n) is 9.46. The number of methoxy groups -OCH3 is 2. The Bertz CT molecular complexity index is 1210. The Labute approximate surface area is 178 Å². The number of carbonyl (C=O) groups is 1. The smallest absolute Gasteiger partial charge is 0.255 e. The number of aromatic nitrogens is 3. The van der Waals surface area contributed by atoms with Crippen LogP contribution in [0.25, 0.3) is 0 Å². The van der Waals surface area contributed by atoms with Gasteiger partial charge in [0.1, 0.15) is 23.9 Å². The van der Waals surface area contributed by atoms with Crippen LogP contribution < -0.4 is 20.1 Å². The highest BCUT2D eigenvalue weighted by atomic mass is 16.5. The van der Waals surface area contributed by atoms with E-state index in [4.69, 9.17) is 14.7 Å². The van der Waals surface area contributed by atoms with Crippen LogP contribution in [0.2, 0.25) is 0 Å². The van der Waals surface area contributed by atoms with E-state index in [9.17, 15) is 4.79 Å². The molecule has 0 saturated heterocycles. The molecule has 1 unspecified atom stereocenters. The van der Waals surface area contributed by atoms with E-state index in [0.717, 1.165) is 5.56 Å². The molecule has 4 rings (SSSR count). The van der Waals surface area contributed by atoms with Gasteiger partial charge < -0.3 is 20.1 Å². The molecule has 0 radical (unpaired) electrons. The fraction of sp³-hybridized carbons (Fsp3) is 0.182. The third kappa shape index (κ3) is 3.67. The predicted octanol–water partition coefficient (Wildman–Crippen LogP) is 3.09. The molecule has 0 saturated carbocycles. The first kappa shape index (κ1) is 20.0. The molecule has 1 atom stereocenters. The minimum absolute atomic E-state index is 0.316. The number of fused-ring (bicyclic) bond motifs is 1. The van der Waals surface area contributed by atoms with Gasteiger partial charge in [0.25, 0.3) is 5.91 Å². The maximum absolute atomic E-state index is 13.4. The summed E-state index contributed by atoms with van der Waals surface area (Å²) < 4.78 is 12.3. The van der Waals surface area contributed by atoms with Crippen molar-refractivity contribution in [2.45, 2.75) is 13.0 Å².